The van der Waals surface area contributed by atoms with E-state index in [2.05, 4.69) is 0 Å². The fourth-order valence-corrected chi connectivity index (χ4v) is 1.79. The van der Waals surface area contributed by atoms with Gasteiger partial charge in [-0.25, -0.2) is 0 Å². The fourth-order valence-electron chi connectivity index (χ4n) is 1.79. The van der Waals surface area contributed by atoms with E-state index < -0.39 is 23.1 Å². The molecule has 0 saturated heterocycles. The molecule has 0 atom stereocenters. The van der Waals surface area contributed by atoms with E-state index in [4.69, 9.17) is 11.5 Å². The summed E-state index contributed by atoms with van der Waals surface area (Å²) in [5.74, 6) is -3.80. The number of hydrogen-bond donors (Lipinski definition) is 4. The van der Waals surface area contributed by atoms with Crippen molar-refractivity contribution in [3.63, 3.8) is 0 Å². The lowest BCUT2D eigenvalue weighted by atomic mass is 9.88. The number of ketones is 2. The number of anilines is 2. The number of benzene rings is 1. The molecule has 2 rings (SSSR count). The highest BCUT2D eigenvalue weighted by atomic mass is 16.3. The van der Waals surface area contributed by atoms with Crippen LogP contribution in [0.15, 0.2) is 17.6 Å². The van der Waals surface area contributed by atoms with Gasteiger partial charge in [0.1, 0.15) is 0 Å². The average Bonchev–Trinajstić information content (AvgIpc) is 2.28. The molecule has 1 aliphatic carbocycles. The van der Waals surface area contributed by atoms with Crippen molar-refractivity contribution >= 4 is 22.9 Å². The zero-order chi connectivity index (χ0) is 12.9. The van der Waals surface area contributed by atoms with Gasteiger partial charge in [-0.2, -0.15) is 0 Å². The summed E-state index contributed by atoms with van der Waals surface area (Å²) in [5.41, 5.74) is 11.7. The van der Waals surface area contributed by atoms with Crippen LogP contribution in [0.25, 0.3) is 0 Å². The van der Waals surface area contributed by atoms with Crippen molar-refractivity contribution < 1.29 is 19.8 Å². The number of fused-ring (bicyclic) bond motifs is 1. The molecule has 6 nitrogen and oxygen atoms in total. The third-order valence-corrected chi connectivity index (χ3v) is 2.71. The Hall–Kier alpha value is -2.50. The van der Waals surface area contributed by atoms with E-state index in [0.29, 0.717) is 5.56 Å². The third kappa shape index (κ3) is 1.27. The molecule has 17 heavy (non-hydrogen) atoms. The van der Waals surface area contributed by atoms with Crippen LogP contribution in [0.1, 0.15) is 26.3 Å². The molecule has 0 radical (unpaired) electrons. The summed E-state index contributed by atoms with van der Waals surface area (Å²) in [4.78, 5) is 23.4. The van der Waals surface area contributed by atoms with Crippen LogP contribution in [-0.2, 0) is 0 Å². The molecule has 88 valence electrons. The van der Waals surface area contributed by atoms with Crippen molar-refractivity contribution in [2.45, 2.75) is 6.92 Å². The topological polar surface area (TPSA) is 127 Å². The van der Waals surface area contributed by atoms with Gasteiger partial charge in [0.25, 0.3) is 0 Å². The Bertz CT molecular complexity index is 602. The number of aliphatic hydroxyl groups is 2. The largest absolute Gasteiger partial charge is 0.501 e. The Morgan fingerprint density at radius 1 is 1.00 bits per heavy atom. The Labute approximate surface area is 96.2 Å². The smallest absolute Gasteiger partial charge is 0.234 e. The van der Waals surface area contributed by atoms with Gasteiger partial charge in [0.2, 0.25) is 23.1 Å². The molecule has 0 unspecified atom stereocenters. The zero-order valence-electron chi connectivity index (χ0n) is 8.94. The molecule has 0 bridgehead atoms. The molecule has 6 heteroatoms. The fraction of sp³-hybridized carbons (Fsp3) is 0.0909. The predicted octanol–water partition coefficient (Wildman–Crippen LogP) is 0.866. The quantitative estimate of drug-likeness (QED) is 0.493. The standard InChI is InChI=1S/C11H10N2O4/c1-3-2-4(12)5-6(7(3)13)9(15)11(17)10(16)8(5)14/h2,16-17H,12-13H2,1H3. The van der Waals surface area contributed by atoms with E-state index in [-0.39, 0.29) is 22.5 Å². The number of nitrogen functional groups attached to an aromatic ring is 2. The second-order valence-corrected chi connectivity index (χ2v) is 3.80. The molecule has 0 heterocycles. The molecule has 1 aromatic rings. The number of rotatable bonds is 0. The summed E-state index contributed by atoms with van der Waals surface area (Å²) in [6, 6.07) is 1.44. The second-order valence-electron chi connectivity index (χ2n) is 3.80. The normalized spacial score (nSPS) is 15.1. The first kappa shape index (κ1) is 11.0. The number of aryl methyl sites for hydroxylation is 1. The number of carbonyl (C=O) groups is 2. The van der Waals surface area contributed by atoms with Crippen LogP contribution in [0.4, 0.5) is 11.4 Å². The molecule has 0 spiro atoms. The Balaban J connectivity index is 2.90. The summed E-state index contributed by atoms with van der Waals surface area (Å²) < 4.78 is 0. The Morgan fingerprint density at radius 2 is 1.47 bits per heavy atom. The van der Waals surface area contributed by atoms with Crippen LogP contribution in [0, 0.1) is 6.92 Å². The summed E-state index contributed by atoms with van der Waals surface area (Å²) in [7, 11) is 0. The number of allylic oxidation sites excluding steroid dienone is 2. The number of nitrogens with two attached hydrogens (primary N) is 2. The van der Waals surface area contributed by atoms with Gasteiger partial charge in [0.15, 0.2) is 0 Å². The van der Waals surface area contributed by atoms with Crippen molar-refractivity contribution in [1.29, 1.82) is 0 Å². The number of hydrogen-bond acceptors (Lipinski definition) is 6. The van der Waals surface area contributed by atoms with Gasteiger partial charge in [0.05, 0.1) is 11.1 Å². The minimum atomic E-state index is -1.00. The maximum absolute atomic E-state index is 11.7. The minimum Gasteiger partial charge on any atom is -0.501 e. The lowest BCUT2D eigenvalue weighted by molar-refractivity contribution is 0.0882. The van der Waals surface area contributed by atoms with Crippen molar-refractivity contribution in [3.8, 4) is 0 Å². The first-order chi connectivity index (χ1) is 7.86. The molecule has 0 amide bonds. The van der Waals surface area contributed by atoms with Gasteiger partial charge in [-0.05, 0) is 18.6 Å². The SMILES string of the molecule is Cc1cc(N)c2c(c1N)C(=O)C(O)=C(O)C2=O. The molecule has 1 aliphatic rings. The van der Waals surface area contributed by atoms with Crippen molar-refractivity contribution in [3.05, 3.63) is 34.3 Å². The molecule has 0 aliphatic heterocycles. The average molecular weight is 234 g/mol. The number of Topliss-reactive ketones (excluding diaryl/α,β-unsaturated/α-hetero) is 2. The monoisotopic (exact) mass is 234 g/mol. The molecule has 0 aromatic heterocycles. The van der Waals surface area contributed by atoms with Gasteiger partial charge in [-0.3, -0.25) is 9.59 Å². The van der Waals surface area contributed by atoms with Gasteiger partial charge in [-0.15, -0.1) is 0 Å². The van der Waals surface area contributed by atoms with E-state index in [9.17, 15) is 19.8 Å². The highest BCUT2D eigenvalue weighted by Crippen LogP contribution is 2.34. The van der Waals surface area contributed by atoms with Crippen LogP contribution >= 0.6 is 0 Å². The predicted molar refractivity (Wildman–Crippen MR) is 60.9 cm³/mol. The van der Waals surface area contributed by atoms with E-state index in [0.717, 1.165) is 0 Å². The van der Waals surface area contributed by atoms with Crippen LogP contribution in [-0.4, -0.2) is 21.8 Å². The first-order valence-corrected chi connectivity index (χ1v) is 4.76. The first-order valence-electron chi connectivity index (χ1n) is 4.76. The maximum Gasteiger partial charge on any atom is 0.234 e. The summed E-state index contributed by atoms with van der Waals surface area (Å²) in [6.45, 7) is 1.62. The molecular weight excluding hydrogens is 224 g/mol. The van der Waals surface area contributed by atoms with E-state index in [1.807, 2.05) is 0 Å². The summed E-state index contributed by atoms with van der Waals surface area (Å²) >= 11 is 0. The van der Waals surface area contributed by atoms with Crippen molar-refractivity contribution in [1.82, 2.24) is 0 Å². The van der Waals surface area contributed by atoms with E-state index in [1.165, 1.54) is 6.07 Å². The molecule has 1 aromatic carbocycles. The van der Waals surface area contributed by atoms with Gasteiger partial charge in [-0.1, -0.05) is 0 Å². The zero-order valence-corrected chi connectivity index (χ0v) is 8.94. The number of aliphatic hydroxyl groups excluding tert-OH is 2. The molecule has 0 saturated carbocycles. The van der Waals surface area contributed by atoms with Gasteiger partial charge < -0.3 is 21.7 Å². The van der Waals surface area contributed by atoms with Crippen molar-refractivity contribution in [2.24, 2.45) is 0 Å². The lowest BCUT2D eigenvalue weighted by Crippen LogP contribution is -2.25. The van der Waals surface area contributed by atoms with Crippen LogP contribution < -0.4 is 11.5 Å². The van der Waals surface area contributed by atoms with Crippen LogP contribution in [0.3, 0.4) is 0 Å². The van der Waals surface area contributed by atoms with Crippen LogP contribution in [0.5, 0.6) is 0 Å². The van der Waals surface area contributed by atoms with Gasteiger partial charge in [0, 0.05) is 11.4 Å². The summed E-state index contributed by atoms with van der Waals surface area (Å²) in [5, 5.41) is 18.6. The molecule has 0 fully saturated rings. The Kier molecular flexibility index (Phi) is 2.10. The van der Waals surface area contributed by atoms with Crippen LogP contribution in [0.2, 0.25) is 0 Å². The van der Waals surface area contributed by atoms with Crippen molar-refractivity contribution in [2.75, 3.05) is 11.5 Å². The van der Waals surface area contributed by atoms with E-state index in [1.54, 1.807) is 6.92 Å². The maximum atomic E-state index is 11.7. The minimum absolute atomic E-state index is 0.0455. The highest BCUT2D eigenvalue weighted by molar-refractivity contribution is 6.28. The van der Waals surface area contributed by atoms with Gasteiger partial charge >= 0.3 is 0 Å². The third-order valence-electron chi connectivity index (χ3n) is 2.71. The molecule has 6 N–H and O–H groups in total. The number of carbonyl (C=O) groups excluding carboxylic acids is 2. The van der Waals surface area contributed by atoms with E-state index >= 15 is 0 Å². The highest BCUT2D eigenvalue weighted by Gasteiger charge is 2.36. The lowest BCUT2D eigenvalue weighted by Gasteiger charge is -2.19. The molecular formula is C11H10N2O4. The Morgan fingerprint density at radius 3 is 2.00 bits per heavy atom. The second kappa shape index (κ2) is 3.24. The summed E-state index contributed by atoms with van der Waals surface area (Å²) in [6.07, 6.45) is 0.